The molecule has 0 unspecified atom stereocenters. The highest BCUT2D eigenvalue weighted by Crippen LogP contribution is 2.17. The minimum Gasteiger partial charge on any atom is -0.464 e. The molecule has 0 aliphatic heterocycles. The van der Waals surface area contributed by atoms with Gasteiger partial charge < -0.3 is 19.0 Å². The molecule has 1 aromatic heterocycles. The zero-order chi connectivity index (χ0) is 18.8. The van der Waals surface area contributed by atoms with E-state index in [0.717, 1.165) is 18.4 Å². The fraction of sp³-hybridized carbons (Fsp3) is 0.385. The number of hydrogen-bond donors (Lipinski definition) is 1. The quantitative estimate of drug-likeness (QED) is 0.197. The molecule has 0 atom stereocenters. The van der Waals surface area contributed by atoms with Gasteiger partial charge in [0.15, 0.2) is 5.13 Å². The maximum atomic E-state index is 11.7. The summed E-state index contributed by atoms with van der Waals surface area (Å²) in [7, 11) is 3.66. The number of amides is 1. The van der Waals surface area contributed by atoms with Crippen LogP contribution in [0.1, 0.15) is 5.69 Å². The lowest BCUT2D eigenvalue weighted by molar-refractivity contribution is -0.148. The number of methoxy groups -OCH3 is 3. The van der Waals surface area contributed by atoms with Crippen LogP contribution in [-0.4, -0.2) is 68.9 Å². The average molecular weight is 373 g/mol. The van der Waals surface area contributed by atoms with Crippen LogP contribution in [0.2, 0.25) is 0 Å². The minimum atomic E-state index is -0.925. The summed E-state index contributed by atoms with van der Waals surface area (Å²) in [6.45, 7) is -0.744. The molecule has 0 aliphatic carbocycles. The number of Topliss-reactive ketones (excluding diaryl/α,β-unsaturated/α-hetero) is 1. The molecule has 0 radical (unpaired) electrons. The molecular formula is C13H15N3O8S. The Morgan fingerprint density at radius 3 is 2.44 bits per heavy atom. The molecule has 1 aromatic rings. The molecule has 1 heterocycles. The van der Waals surface area contributed by atoms with Crippen molar-refractivity contribution in [2.24, 2.45) is 5.16 Å². The topological polar surface area (TPSA) is 142 Å². The van der Waals surface area contributed by atoms with Gasteiger partial charge in [-0.3, -0.25) is 14.9 Å². The summed E-state index contributed by atoms with van der Waals surface area (Å²) < 4.78 is 13.6. The van der Waals surface area contributed by atoms with Gasteiger partial charge in [0.25, 0.3) is 5.91 Å². The number of carbonyl (C=O) groups excluding carboxylic acids is 4. The molecule has 25 heavy (non-hydrogen) atoms. The highest BCUT2D eigenvalue weighted by Gasteiger charge is 2.22. The summed E-state index contributed by atoms with van der Waals surface area (Å²) >= 11 is 0.924. The molecule has 0 spiro atoms. The Kier molecular flexibility index (Phi) is 8.32. The van der Waals surface area contributed by atoms with Crippen LogP contribution in [0.3, 0.4) is 0 Å². The average Bonchev–Trinajstić information content (AvgIpc) is 3.03. The van der Waals surface area contributed by atoms with Crippen molar-refractivity contribution in [2.75, 3.05) is 39.9 Å². The van der Waals surface area contributed by atoms with Gasteiger partial charge in [0.1, 0.15) is 18.9 Å². The van der Waals surface area contributed by atoms with Gasteiger partial charge >= 0.3 is 11.9 Å². The van der Waals surface area contributed by atoms with E-state index in [2.05, 4.69) is 34.5 Å². The van der Waals surface area contributed by atoms with Gasteiger partial charge in [-0.2, -0.15) is 0 Å². The highest BCUT2D eigenvalue weighted by molar-refractivity contribution is 7.14. The number of ether oxygens (including phenoxy) is 3. The van der Waals surface area contributed by atoms with E-state index in [1.165, 1.54) is 19.6 Å². The number of esters is 1. The lowest BCUT2D eigenvalue weighted by Crippen LogP contribution is -2.26. The van der Waals surface area contributed by atoms with Crippen molar-refractivity contribution in [1.29, 1.82) is 0 Å². The number of thiazole rings is 1. The Labute approximate surface area is 145 Å². The Morgan fingerprint density at radius 1 is 1.16 bits per heavy atom. The summed E-state index contributed by atoms with van der Waals surface area (Å²) in [5, 5.41) is 7.03. The number of nitrogens with one attached hydrogen (secondary N) is 1. The van der Waals surface area contributed by atoms with Gasteiger partial charge in [0.05, 0.1) is 7.11 Å². The molecule has 12 heteroatoms. The Morgan fingerprint density at radius 2 is 1.84 bits per heavy atom. The molecule has 0 fully saturated rings. The first-order chi connectivity index (χ1) is 11.9. The second kappa shape index (κ2) is 10.2. The molecule has 11 nitrogen and oxygen atoms in total. The molecule has 0 aliphatic rings. The third kappa shape index (κ3) is 6.37. The summed E-state index contributed by atoms with van der Waals surface area (Å²) in [6, 6.07) is 0. The van der Waals surface area contributed by atoms with Crippen LogP contribution in [0.15, 0.2) is 10.5 Å². The van der Waals surface area contributed by atoms with Crippen LogP contribution in [0.25, 0.3) is 0 Å². The predicted molar refractivity (Wildman–Crippen MR) is 84.1 cm³/mol. The van der Waals surface area contributed by atoms with Crippen LogP contribution in [0.4, 0.5) is 5.13 Å². The highest BCUT2D eigenvalue weighted by atomic mass is 32.1. The van der Waals surface area contributed by atoms with E-state index >= 15 is 0 Å². The lowest BCUT2D eigenvalue weighted by Gasteiger charge is -2.02. The van der Waals surface area contributed by atoms with Crippen molar-refractivity contribution in [3.63, 3.8) is 0 Å². The van der Waals surface area contributed by atoms with E-state index in [1.807, 2.05) is 0 Å². The molecule has 1 N–H and O–H groups in total. The normalized spacial score (nSPS) is 10.9. The Hall–Kier alpha value is -2.70. The first-order valence-electron chi connectivity index (χ1n) is 6.57. The smallest absolute Gasteiger partial charge is 0.362 e. The number of ketones is 1. The third-order valence-electron chi connectivity index (χ3n) is 2.38. The second-order valence-corrected chi connectivity index (χ2v) is 5.03. The molecule has 0 saturated carbocycles. The predicted octanol–water partition coefficient (Wildman–Crippen LogP) is -0.636. The molecule has 136 valence electrons. The SMILES string of the molecule is COCC(=O)ON=C(C(=O)OC)c1csc(NC(=O)C(=O)COC)n1. The standard InChI is InChI=1S/C13H15N3O8S/c1-21-4-8(17)11(19)15-13-14-7(6-25-13)10(12(20)23-3)16-24-9(18)5-22-2/h6H,4-5H2,1-3H3,(H,14,15,19). The number of nitrogens with zero attached hydrogens (tertiary/aromatic N) is 2. The number of rotatable bonds is 9. The first-order valence-corrected chi connectivity index (χ1v) is 7.45. The van der Waals surface area contributed by atoms with E-state index in [9.17, 15) is 19.2 Å². The zero-order valence-electron chi connectivity index (χ0n) is 13.6. The number of hydrogen-bond acceptors (Lipinski definition) is 11. The van der Waals surface area contributed by atoms with Gasteiger partial charge in [0.2, 0.25) is 11.5 Å². The van der Waals surface area contributed by atoms with Crippen LogP contribution < -0.4 is 5.32 Å². The summed E-state index contributed by atoms with van der Waals surface area (Å²) in [5.41, 5.74) is -0.413. The van der Waals surface area contributed by atoms with E-state index in [-0.39, 0.29) is 24.0 Å². The number of aromatic nitrogens is 1. The van der Waals surface area contributed by atoms with E-state index < -0.39 is 29.3 Å². The molecule has 0 bridgehead atoms. The number of oxime groups is 1. The van der Waals surface area contributed by atoms with Crippen LogP contribution in [-0.2, 0) is 38.2 Å². The number of anilines is 1. The fourth-order valence-electron chi connectivity index (χ4n) is 1.33. The summed E-state index contributed by atoms with van der Waals surface area (Å²) in [6.07, 6.45) is 0. The fourth-order valence-corrected chi connectivity index (χ4v) is 2.02. The van der Waals surface area contributed by atoms with Gasteiger partial charge in [-0.15, -0.1) is 11.3 Å². The zero-order valence-corrected chi connectivity index (χ0v) is 14.4. The molecule has 0 saturated heterocycles. The van der Waals surface area contributed by atoms with Gasteiger partial charge in [-0.1, -0.05) is 5.16 Å². The Bertz CT molecular complexity index is 685. The van der Waals surface area contributed by atoms with E-state index in [4.69, 9.17) is 0 Å². The van der Waals surface area contributed by atoms with Crippen molar-refractivity contribution in [3.05, 3.63) is 11.1 Å². The van der Waals surface area contributed by atoms with Crippen LogP contribution >= 0.6 is 11.3 Å². The van der Waals surface area contributed by atoms with E-state index in [0.29, 0.717) is 0 Å². The molecule has 0 aromatic carbocycles. The third-order valence-corrected chi connectivity index (χ3v) is 3.13. The van der Waals surface area contributed by atoms with Gasteiger partial charge in [-0.25, -0.2) is 14.6 Å². The summed E-state index contributed by atoms with van der Waals surface area (Å²) in [5.74, 6) is -3.47. The maximum Gasteiger partial charge on any atom is 0.362 e. The lowest BCUT2D eigenvalue weighted by atomic mass is 10.3. The number of carbonyl (C=O) groups is 4. The largest absolute Gasteiger partial charge is 0.464 e. The van der Waals surface area contributed by atoms with E-state index in [1.54, 1.807) is 0 Å². The minimum absolute atomic E-state index is 0.0171. The van der Waals surface area contributed by atoms with Crippen LogP contribution in [0.5, 0.6) is 0 Å². The second-order valence-electron chi connectivity index (χ2n) is 4.18. The monoisotopic (exact) mass is 373 g/mol. The molecule has 1 rings (SSSR count). The Balaban J connectivity index is 2.91. The van der Waals surface area contributed by atoms with Crippen molar-refractivity contribution < 1.29 is 38.2 Å². The van der Waals surface area contributed by atoms with Crippen molar-refractivity contribution in [3.8, 4) is 0 Å². The van der Waals surface area contributed by atoms with Crippen molar-refractivity contribution in [2.45, 2.75) is 0 Å². The molecule has 1 amide bonds. The van der Waals surface area contributed by atoms with Crippen LogP contribution in [0, 0.1) is 0 Å². The van der Waals surface area contributed by atoms with Crippen molar-refractivity contribution >= 4 is 45.8 Å². The first kappa shape index (κ1) is 20.3. The summed E-state index contributed by atoms with van der Waals surface area (Å²) in [4.78, 5) is 54.4. The van der Waals surface area contributed by atoms with Gasteiger partial charge in [-0.05, 0) is 0 Å². The van der Waals surface area contributed by atoms with Crippen molar-refractivity contribution in [1.82, 2.24) is 4.98 Å². The molecular weight excluding hydrogens is 358 g/mol. The van der Waals surface area contributed by atoms with Gasteiger partial charge in [0, 0.05) is 19.6 Å². The maximum absolute atomic E-state index is 11.7.